The number of nitrogens with zero attached hydrogens (tertiary/aromatic N) is 2. The van der Waals surface area contributed by atoms with Crippen LogP contribution in [0.4, 0.5) is 0 Å². The number of hydrogen-bond donors (Lipinski definition) is 0. The maximum absolute atomic E-state index is 9.37. The Balaban J connectivity index is 1.88. The molecule has 2 aliphatic carbocycles. The lowest BCUT2D eigenvalue weighted by atomic mass is 9.44. The van der Waals surface area contributed by atoms with Crippen molar-refractivity contribution in [3.8, 4) is 6.07 Å². The average Bonchev–Trinajstić information content (AvgIpc) is 2.17. The SMILES string of the molecule is N#CC1(c2ccncc2)CC2(CCC2)C1. The van der Waals surface area contributed by atoms with Gasteiger partial charge in [0.25, 0.3) is 0 Å². The van der Waals surface area contributed by atoms with E-state index >= 15 is 0 Å². The summed E-state index contributed by atoms with van der Waals surface area (Å²) < 4.78 is 0. The first-order valence-electron chi connectivity index (χ1n) is 5.61. The first kappa shape index (κ1) is 8.91. The quantitative estimate of drug-likeness (QED) is 0.695. The average molecular weight is 198 g/mol. The van der Waals surface area contributed by atoms with Crippen molar-refractivity contribution in [1.29, 1.82) is 5.26 Å². The molecule has 0 radical (unpaired) electrons. The van der Waals surface area contributed by atoms with Gasteiger partial charge in [0.05, 0.1) is 11.5 Å². The summed E-state index contributed by atoms with van der Waals surface area (Å²) in [5.74, 6) is 0. The zero-order valence-electron chi connectivity index (χ0n) is 8.74. The molecule has 1 heterocycles. The third-order valence-electron chi connectivity index (χ3n) is 4.21. The number of nitriles is 1. The minimum Gasteiger partial charge on any atom is -0.265 e. The number of pyridine rings is 1. The Bertz CT molecular complexity index is 404. The smallest absolute Gasteiger partial charge is 0.0834 e. The Hall–Kier alpha value is -1.36. The fraction of sp³-hybridized carbons (Fsp3) is 0.538. The maximum atomic E-state index is 9.37. The zero-order valence-corrected chi connectivity index (χ0v) is 8.74. The molecule has 0 aliphatic heterocycles. The number of hydrogen-bond acceptors (Lipinski definition) is 2. The molecule has 76 valence electrons. The van der Waals surface area contributed by atoms with E-state index in [1.807, 2.05) is 12.1 Å². The van der Waals surface area contributed by atoms with E-state index < -0.39 is 0 Å². The van der Waals surface area contributed by atoms with Gasteiger partial charge in [-0.05, 0) is 48.8 Å². The van der Waals surface area contributed by atoms with Crippen molar-refractivity contribution >= 4 is 0 Å². The number of rotatable bonds is 1. The minimum atomic E-state index is -0.191. The first-order valence-corrected chi connectivity index (χ1v) is 5.61. The van der Waals surface area contributed by atoms with Crippen molar-refractivity contribution in [1.82, 2.24) is 4.98 Å². The molecular weight excluding hydrogens is 184 g/mol. The molecule has 1 spiro atoms. The summed E-state index contributed by atoms with van der Waals surface area (Å²) >= 11 is 0. The van der Waals surface area contributed by atoms with E-state index in [4.69, 9.17) is 0 Å². The highest BCUT2D eigenvalue weighted by atomic mass is 14.6. The minimum absolute atomic E-state index is 0.191. The molecule has 1 aromatic heterocycles. The van der Waals surface area contributed by atoms with Crippen LogP contribution in [-0.2, 0) is 5.41 Å². The second-order valence-corrected chi connectivity index (χ2v) is 5.14. The molecule has 0 atom stereocenters. The van der Waals surface area contributed by atoms with Crippen LogP contribution < -0.4 is 0 Å². The molecule has 0 N–H and O–H groups in total. The summed E-state index contributed by atoms with van der Waals surface area (Å²) in [6, 6.07) is 6.52. The van der Waals surface area contributed by atoms with E-state index in [0.29, 0.717) is 5.41 Å². The van der Waals surface area contributed by atoms with Gasteiger partial charge in [-0.2, -0.15) is 5.26 Å². The van der Waals surface area contributed by atoms with Gasteiger partial charge in [0.2, 0.25) is 0 Å². The lowest BCUT2D eigenvalue weighted by molar-refractivity contribution is -0.0227. The van der Waals surface area contributed by atoms with Crippen LogP contribution in [0.2, 0.25) is 0 Å². The van der Waals surface area contributed by atoms with Gasteiger partial charge in [-0.15, -0.1) is 0 Å². The van der Waals surface area contributed by atoms with Gasteiger partial charge in [0.15, 0.2) is 0 Å². The van der Waals surface area contributed by atoms with Crippen LogP contribution in [0, 0.1) is 16.7 Å². The Kier molecular flexibility index (Phi) is 1.68. The van der Waals surface area contributed by atoms with E-state index in [0.717, 1.165) is 18.4 Å². The van der Waals surface area contributed by atoms with E-state index in [2.05, 4.69) is 11.1 Å². The topological polar surface area (TPSA) is 36.7 Å². The Labute approximate surface area is 90.0 Å². The lowest BCUT2D eigenvalue weighted by Gasteiger charge is -2.58. The first-order chi connectivity index (χ1) is 7.29. The fourth-order valence-corrected chi connectivity index (χ4v) is 3.28. The van der Waals surface area contributed by atoms with Crippen LogP contribution in [0.3, 0.4) is 0 Å². The summed E-state index contributed by atoms with van der Waals surface area (Å²) in [7, 11) is 0. The van der Waals surface area contributed by atoms with Crippen LogP contribution in [0.15, 0.2) is 24.5 Å². The van der Waals surface area contributed by atoms with Crippen molar-refractivity contribution in [3.05, 3.63) is 30.1 Å². The van der Waals surface area contributed by atoms with E-state index in [9.17, 15) is 5.26 Å². The van der Waals surface area contributed by atoms with Crippen LogP contribution in [-0.4, -0.2) is 4.98 Å². The predicted molar refractivity (Wildman–Crippen MR) is 57.0 cm³/mol. The van der Waals surface area contributed by atoms with Gasteiger partial charge >= 0.3 is 0 Å². The summed E-state index contributed by atoms with van der Waals surface area (Å²) in [5.41, 5.74) is 1.51. The molecule has 0 unspecified atom stereocenters. The van der Waals surface area contributed by atoms with Gasteiger partial charge in [-0.25, -0.2) is 0 Å². The van der Waals surface area contributed by atoms with Crippen LogP contribution in [0.5, 0.6) is 0 Å². The number of aromatic nitrogens is 1. The Morgan fingerprint density at radius 2 is 1.87 bits per heavy atom. The highest BCUT2D eigenvalue weighted by Crippen LogP contribution is 2.64. The molecule has 2 saturated carbocycles. The van der Waals surface area contributed by atoms with E-state index in [1.54, 1.807) is 12.4 Å². The molecule has 0 amide bonds. The Morgan fingerprint density at radius 3 is 2.33 bits per heavy atom. The van der Waals surface area contributed by atoms with Crippen molar-refractivity contribution in [2.45, 2.75) is 37.5 Å². The largest absolute Gasteiger partial charge is 0.265 e. The summed E-state index contributed by atoms with van der Waals surface area (Å²) in [4.78, 5) is 4.01. The normalized spacial score (nSPS) is 25.0. The van der Waals surface area contributed by atoms with E-state index in [1.165, 1.54) is 19.3 Å². The lowest BCUT2D eigenvalue weighted by Crippen LogP contribution is -2.52. The van der Waals surface area contributed by atoms with Crippen molar-refractivity contribution in [2.75, 3.05) is 0 Å². The Morgan fingerprint density at radius 1 is 1.20 bits per heavy atom. The van der Waals surface area contributed by atoms with Gasteiger partial charge in [0, 0.05) is 12.4 Å². The van der Waals surface area contributed by atoms with Crippen LogP contribution in [0.25, 0.3) is 0 Å². The monoisotopic (exact) mass is 198 g/mol. The summed E-state index contributed by atoms with van der Waals surface area (Å²) in [6.45, 7) is 0. The molecule has 15 heavy (non-hydrogen) atoms. The summed E-state index contributed by atoms with van der Waals surface area (Å²) in [6.07, 6.45) is 9.75. The third kappa shape index (κ3) is 1.13. The van der Waals surface area contributed by atoms with Crippen LogP contribution in [0.1, 0.15) is 37.7 Å². The second kappa shape index (κ2) is 2.82. The standard InChI is InChI=1S/C13H14N2/c14-10-13(11-2-6-15-7-3-11)8-12(9-13)4-1-5-12/h2-3,6-7H,1,4-5,8-9H2. The maximum Gasteiger partial charge on any atom is 0.0834 e. The van der Waals surface area contributed by atoms with Crippen molar-refractivity contribution in [2.24, 2.45) is 5.41 Å². The predicted octanol–water partition coefficient (Wildman–Crippen LogP) is 2.81. The highest BCUT2D eigenvalue weighted by Gasteiger charge is 2.58. The highest BCUT2D eigenvalue weighted by molar-refractivity contribution is 5.37. The molecule has 0 saturated heterocycles. The summed E-state index contributed by atoms with van der Waals surface area (Å²) in [5, 5.41) is 9.37. The molecule has 2 heteroatoms. The van der Waals surface area contributed by atoms with Gasteiger partial charge < -0.3 is 0 Å². The molecule has 0 bridgehead atoms. The van der Waals surface area contributed by atoms with Gasteiger partial charge in [-0.3, -0.25) is 4.98 Å². The molecule has 2 fully saturated rings. The molecule has 0 aromatic carbocycles. The zero-order chi connectivity index (χ0) is 10.4. The van der Waals surface area contributed by atoms with E-state index in [-0.39, 0.29) is 5.41 Å². The van der Waals surface area contributed by atoms with Crippen molar-refractivity contribution < 1.29 is 0 Å². The van der Waals surface area contributed by atoms with Gasteiger partial charge in [0.1, 0.15) is 0 Å². The molecule has 3 rings (SSSR count). The molecule has 2 nitrogen and oxygen atoms in total. The molecule has 2 aliphatic rings. The molecular formula is C13H14N2. The molecule has 1 aromatic rings. The van der Waals surface area contributed by atoms with Gasteiger partial charge in [-0.1, -0.05) is 6.42 Å². The fourth-order valence-electron chi connectivity index (χ4n) is 3.28. The second-order valence-electron chi connectivity index (χ2n) is 5.14. The third-order valence-corrected chi connectivity index (χ3v) is 4.21. The van der Waals surface area contributed by atoms with Crippen LogP contribution >= 0.6 is 0 Å². The van der Waals surface area contributed by atoms with Crippen molar-refractivity contribution in [3.63, 3.8) is 0 Å².